The van der Waals surface area contributed by atoms with Crippen LogP contribution in [0.3, 0.4) is 0 Å². The zero-order chi connectivity index (χ0) is 7.56. The van der Waals surface area contributed by atoms with Gasteiger partial charge in [0.1, 0.15) is 0 Å². The number of hydrogen-bond donors (Lipinski definition) is 1. The molecule has 0 bridgehead atoms. The molecule has 1 rings (SSSR count). The summed E-state index contributed by atoms with van der Waals surface area (Å²) in [6.45, 7) is 8.11. The summed E-state index contributed by atoms with van der Waals surface area (Å²) in [5.74, 6) is 0. The third-order valence-electron chi connectivity index (χ3n) is 2.01. The lowest BCUT2D eigenvalue weighted by Gasteiger charge is -2.34. The Balaban J connectivity index is 2.26. The minimum Gasteiger partial charge on any atom is -0.316 e. The molecule has 1 radical (unpaired) electrons. The molecule has 1 fully saturated rings. The van der Waals surface area contributed by atoms with Crippen molar-refractivity contribution in [3.63, 3.8) is 0 Å². The van der Waals surface area contributed by atoms with Crippen molar-refractivity contribution in [1.29, 1.82) is 0 Å². The van der Waals surface area contributed by atoms with E-state index in [-0.39, 0.29) is 6.17 Å². The third kappa shape index (κ3) is 1.94. The van der Waals surface area contributed by atoms with Crippen LogP contribution < -0.4 is 5.73 Å². The summed E-state index contributed by atoms with van der Waals surface area (Å²) >= 11 is 0. The van der Waals surface area contributed by atoms with Gasteiger partial charge in [-0.2, -0.15) is 0 Å². The molecule has 2 N–H and O–H groups in total. The predicted molar refractivity (Wildman–Crippen MR) is 42.4 cm³/mol. The molecule has 1 unspecified atom stereocenters. The second-order valence-electron chi connectivity index (χ2n) is 2.91. The molecular formula is C7H16N3. The van der Waals surface area contributed by atoms with Crippen LogP contribution >= 0.6 is 0 Å². The lowest BCUT2D eigenvalue weighted by Crippen LogP contribution is -2.51. The van der Waals surface area contributed by atoms with E-state index in [1.807, 2.05) is 0 Å². The van der Waals surface area contributed by atoms with Gasteiger partial charge in [-0.05, 0) is 14.0 Å². The molecular weight excluding hydrogens is 126 g/mol. The van der Waals surface area contributed by atoms with Crippen molar-refractivity contribution >= 4 is 0 Å². The van der Waals surface area contributed by atoms with E-state index in [1.54, 1.807) is 0 Å². The molecule has 59 valence electrons. The highest BCUT2D eigenvalue weighted by atomic mass is 15.3. The zero-order valence-electron chi connectivity index (χ0n) is 6.58. The highest BCUT2D eigenvalue weighted by molar-refractivity contribution is 4.74. The molecule has 3 heteroatoms. The Morgan fingerprint density at radius 3 is 2.20 bits per heavy atom. The molecule has 1 aliphatic heterocycles. The Kier molecular flexibility index (Phi) is 2.65. The van der Waals surface area contributed by atoms with E-state index in [2.05, 4.69) is 23.8 Å². The molecule has 1 aliphatic rings. The van der Waals surface area contributed by atoms with Crippen molar-refractivity contribution in [2.75, 3.05) is 33.2 Å². The van der Waals surface area contributed by atoms with Gasteiger partial charge < -0.3 is 10.6 Å². The molecule has 0 amide bonds. The SMILES string of the molecule is [CH2]C(N)N1CCN(C)CC1. The number of piperazine rings is 1. The molecule has 1 saturated heterocycles. The summed E-state index contributed by atoms with van der Waals surface area (Å²) in [5, 5.41) is 0. The lowest BCUT2D eigenvalue weighted by molar-refractivity contribution is 0.131. The number of likely N-dealkylation sites (N-methyl/N-ethyl adjacent to an activating group) is 1. The maximum atomic E-state index is 5.61. The van der Waals surface area contributed by atoms with Gasteiger partial charge in [-0.1, -0.05) is 0 Å². The highest BCUT2D eigenvalue weighted by Gasteiger charge is 2.15. The van der Waals surface area contributed by atoms with Crippen molar-refractivity contribution < 1.29 is 0 Å². The largest absolute Gasteiger partial charge is 0.316 e. The van der Waals surface area contributed by atoms with Crippen molar-refractivity contribution in [2.24, 2.45) is 5.73 Å². The fraction of sp³-hybridized carbons (Fsp3) is 0.857. The van der Waals surface area contributed by atoms with Crippen LogP contribution in [0.1, 0.15) is 0 Å². The molecule has 0 aromatic carbocycles. The molecule has 0 aliphatic carbocycles. The second-order valence-corrected chi connectivity index (χ2v) is 2.91. The van der Waals surface area contributed by atoms with E-state index in [0.29, 0.717) is 0 Å². The van der Waals surface area contributed by atoms with Gasteiger partial charge >= 0.3 is 0 Å². The Morgan fingerprint density at radius 2 is 1.80 bits per heavy atom. The summed E-state index contributed by atoms with van der Waals surface area (Å²) in [5.41, 5.74) is 5.61. The number of nitrogens with zero attached hydrogens (tertiary/aromatic N) is 2. The lowest BCUT2D eigenvalue weighted by atomic mass is 10.3. The van der Waals surface area contributed by atoms with E-state index < -0.39 is 0 Å². The maximum absolute atomic E-state index is 5.61. The number of nitrogens with two attached hydrogens (primary N) is 1. The van der Waals surface area contributed by atoms with Crippen molar-refractivity contribution in [3.8, 4) is 0 Å². The van der Waals surface area contributed by atoms with Gasteiger partial charge in [0.2, 0.25) is 0 Å². The summed E-state index contributed by atoms with van der Waals surface area (Å²) in [7, 11) is 2.13. The van der Waals surface area contributed by atoms with Crippen LogP contribution in [0.2, 0.25) is 0 Å². The van der Waals surface area contributed by atoms with Crippen molar-refractivity contribution in [3.05, 3.63) is 6.92 Å². The van der Waals surface area contributed by atoms with Crippen LogP contribution in [-0.2, 0) is 0 Å². The molecule has 0 aromatic heterocycles. The third-order valence-corrected chi connectivity index (χ3v) is 2.01. The van der Waals surface area contributed by atoms with Gasteiger partial charge in [0, 0.05) is 26.2 Å². The summed E-state index contributed by atoms with van der Waals surface area (Å²) < 4.78 is 0. The summed E-state index contributed by atoms with van der Waals surface area (Å²) in [4.78, 5) is 4.50. The van der Waals surface area contributed by atoms with Crippen LogP contribution in [0.5, 0.6) is 0 Å². The van der Waals surface area contributed by atoms with E-state index in [9.17, 15) is 0 Å². The van der Waals surface area contributed by atoms with E-state index in [0.717, 1.165) is 26.2 Å². The van der Waals surface area contributed by atoms with Crippen LogP contribution in [0, 0.1) is 6.92 Å². The first-order chi connectivity index (χ1) is 4.70. The maximum Gasteiger partial charge on any atom is 0.0573 e. The first-order valence-electron chi connectivity index (χ1n) is 3.71. The first-order valence-corrected chi connectivity index (χ1v) is 3.71. The van der Waals surface area contributed by atoms with Gasteiger partial charge in [0.15, 0.2) is 0 Å². The molecule has 0 spiro atoms. The van der Waals surface area contributed by atoms with Gasteiger partial charge in [-0.3, -0.25) is 4.90 Å². The Morgan fingerprint density at radius 1 is 1.30 bits per heavy atom. The summed E-state index contributed by atoms with van der Waals surface area (Å²) in [6.07, 6.45) is -0.0197. The summed E-state index contributed by atoms with van der Waals surface area (Å²) in [6, 6.07) is 0. The fourth-order valence-electron chi connectivity index (χ4n) is 1.15. The van der Waals surface area contributed by atoms with Gasteiger partial charge in [0.25, 0.3) is 0 Å². The van der Waals surface area contributed by atoms with E-state index >= 15 is 0 Å². The van der Waals surface area contributed by atoms with E-state index in [1.165, 1.54) is 0 Å². The first kappa shape index (κ1) is 7.98. The Bertz CT molecular complexity index is 95.0. The Labute approximate surface area is 62.8 Å². The Hall–Kier alpha value is -0.120. The quantitative estimate of drug-likeness (QED) is 0.528. The second kappa shape index (κ2) is 3.32. The molecule has 0 saturated carbocycles. The van der Waals surface area contributed by atoms with Gasteiger partial charge in [0.05, 0.1) is 6.17 Å². The zero-order valence-corrected chi connectivity index (χ0v) is 6.58. The van der Waals surface area contributed by atoms with Gasteiger partial charge in [-0.15, -0.1) is 0 Å². The smallest absolute Gasteiger partial charge is 0.0573 e. The monoisotopic (exact) mass is 142 g/mol. The molecule has 0 aromatic rings. The average Bonchev–Trinajstić information content (AvgIpc) is 1.88. The van der Waals surface area contributed by atoms with Crippen LogP contribution in [-0.4, -0.2) is 49.2 Å². The molecule has 1 atom stereocenters. The van der Waals surface area contributed by atoms with E-state index in [4.69, 9.17) is 5.73 Å². The minimum atomic E-state index is -0.0197. The topological polar surface area (TPSA) is 32.5 Å². The standard InChI is InChI=1S/C7H16N3/c1-7(8)10-5-3-9(2)4-6-10/h7H,1,3-6,8H2,2H3. The van der Waals surface area contributed by atoms with Crippen LogP contribution in [0.4, 0.5) is 0 Å². The molecule has 1 heterocycles. The number of rotatable bonds is 1. The fourth-order valence-corrected chi connectivity index (χ4v) is 1.15. The van der Waals surface area contributed by atoms with Crippen molar-refractivity contribution in [2.45, 2.75) is 6.17 Å². The van der Waals surface area contributed by atoms with Crippen molar-refractivity contribution in [1.82, 2.24) is 9.80 Å². The van der Waals surface area contributed by atoms with Crippen LogP contribution in [0.15, 0.2) is 0 Å². The minimum absolute atomic E-state index is 0.0197. The van der Waals surface area contributed by atoms with Crippen LogP contribution in [0.25, 0.3) is 0 Å². The normalized spacial score (nSPS) is 26.7. The average molecular weight is 142 g/mol. The van der Waals surface area contributed by atoms with Gasteiger partial charge in [-0.25, -0.2) is 0 Å². The number of hydrogen-bond acceptors (Lipinski definition) is 3. The molecule has 3 nitrogen and oxygen atoms in total. The molecule has 10 heavy (non-hydrogen) atoms. The predicted octanol–water partition coefficient (Wildman–Crippen LogP) is -0.647. The highest BCUT2D eigenvalue weighted by Crippen LogP contribution is 1.99.